The van der Waals surface area contributed by atoms with E-state index >= 15 is 0 Å². The summed E-state index contributed by atoms with van der Waals surface area (Å²) in [6, 6.07) is 0. The number of nitrogens with zero attached hydrogens (tertiary/aromatic N) is 2. The van der Waals surface area contributed by atoms with Crippen molar-refractivity contribution in [3.05, 3.63) is 17.0 Å². The minimum absolute atomic E-state index is 0.556. The summed E-state index contributed by atoms with van der Waals surface area (Å²) < 4.78 is 0. The molecule has 0 fully saturated rings. The molecule has 1 rings (SSSR count). The number of halogens is 1. The third-order valence-corrected chi connectivity index (χ3v) is 3.62. The van der Waals surface area contributed by atoms with Crippen molar-refractivity contribution < 1.29 is 0 Å². The first kappa shape index (κ1) is 10.8. The number of hydrogen-bond donors (Lipinski definition) is 0. The van der Waals surface area contributed by atoms with E-state index in [4.69, 9.17) is 11.6 Å². The fourth-order valence-electron chi connectivity index (χ4n) is 0.807. The third kappa shape index (κ3) is 2.85. The van der Waals surface area contributed by atoms with Crippen molar-refractivity contribution in [2.45, 2.75) is 37.5 Å². The second-order valence-corrected chi connectivity index (χ2v) is 4.72. The molecule has 72 valence electrons. The number of hydrogen-bond acceptors (Lipinski definition) is 3. The number of aromatic nitrogens is 2. The zero-order chi connectivity index (χ0) is 9.84. The zero-order valence-electron chi connectivity index (χ0n) is 8.04. The molecule has 0 bridgehead atoms. The molecule has 0 N–H and O–H groups in total. The van der Waals surface area contributed by atoms with Crippen LogP contribution in [0.2, 0.25) is 5.15 Å². The maximum absolute atomic E-state index is 5.88. The van der Waals surface area contributed by atoms with Crippen molar-refractivity contribution in [1.29, 1.82) is 0 Å². The number of rotatable bonds is 3. The minimum Gasteiger partial charge on any atom is -0.230 e. The maximum Gasteiger partial charge on any atom is 0.136 e. The molecule has 0 radical (unpaired) electrons. The summed E-state index contributed by atoms with van der Waals surface area (Å²) in [6.07, 6.45) is 2.64. The van der Waals surface area contributed by atoms with Crippen molar-refractivity contribution in [2.24, 2.45) is 0 Å². The fraction of sp³-hybridized carbons (Fsp3) is 0.556. The van der Waals surface area contributed by atoms with E-state index in [-0.39, 0.29) is 0 Å². The monoisotopic (exact) mass is 216 g/mol. The summed E-state index contributed by atoms with van der Waals surface area (Å²) in [5, 5.41) is 2.12. The zero-order valence-corrected chi connectivity index (χ0v) is 9.61. The summed E-state index contributed by atoms with van der Waals surface area (Å²) in [6.45, 7) is 6.29. The van der Waals surface area contributed by atoms with Gasteiger partial charge in [-0.25, -0.2) is 9.97 Å². The van der Waals surface area contributed by atoms with Crippen molar-refractivity contribution >= 4 is 23.4 Å². The van der Waals surface area contributed by atoms with Gasteiger partial charge in [0.1, 0.15) is 16.5 Å². The lowest BCUT2D eigenvalue weighted by Crippen LogP contribution is -1.96. The van der Waals surface area contributed by atoms with Crippen LogP contribution in [-0.2, 0) is 0 Å². The average molecular weight is 217 g/mol. The van der Waals surface area contributed by atoms with E-state index in [9.17, 15) is 0 Å². The summed E-state index contributed by atoms with van der Waals surface area (Å²) in [5.41, 5.74) is 0.981. The van der Waals surface area contributed by atoms with Gasteiger partial charge in [-0.1, -0.05) is 25.4 Å². The van der Waals surface area contributed by atoms with Crippen molar-refractivity contribution in [3.63, 3.8) is 0 Å². The van der Waals surface area contributed by atoms with Crippen LogP contribution in [0.1, 0.15) is 25.8 Å². The standard InChI is InChI=1S/C9H13ClN2S/c1-4-6(2)13-9-7(3)8(10)11-5-12-9/h5-6H,4H2,1-3H3. The number of thioether (sulfide) groups is 1. The van der Waals surface area contributed by atoms with E-state index in [1.807, 2.05) is 6.92 Å². The van der Waals surface area contributed by atoms with Gasteiger partial charge in [-0.3, -0.25) is 0 Å². The van der Waals surface area contributed by atoms with Crippen LogP contribution < -0.4 is 0 Å². The Morgan fingerprint density at radius 2 is 2.23 bits per heavy atom. The van der Waals surface area contributed by atoms with Crippen LogP contribution in [0.15, 0.2) is 11.4 Å². The van der Waals surface area contributed by atoms with Gasteiger partial charge in [0.05, 0.1) is 0 Å². The molecular formula is C9H13ClN2S. The van der Waals surface area contributed by atoms with Crippen LogP contribution in [0.25, 0.3) is 0 Å². The Labute approximate surface area is 88.1 Å². The Morgan fingerprint density at radius 1 is 1.54 bits per heavy atom. The van der Waals surface area contributed by atoms with E-state index < -0.39 is 0 Å². The average Bonchev–Trinajstić information content (AvgIpc) is 2.13. The Bertz CT molecular complexity index is 291. The highest BCUT2D eigenvalue weighted by atomic mass is 35.5. The van der Waals surface area contributed by atoms with Gasteiger partial charge in [0.25, 0.3) is 0 Å². The Morgan fingerprint density at radius 3 is 2.85 bits per heavy atom. The lowest BCUT2D eigenvalue weighted by molar-refractivity contribution is 0.895. The summed E-state index contributed by atoms with van der Waals surface area (Å²) in [4.78, 5) is 8.11. The molecule has 0 aliphatic heterocycles. The van der Waals surface area contributed by atoms with Gasteiger partial charge in [0.15, 0.2) is 0 Å². The molecule has 1 aromatic heterocycles. The molecular weight excluding hydrogens is 204 g/mol. The van der Waals surface area contributed by atoms with Gasteiger partial charge in [0, 0.05) is 10.8 Å². The van der Waals surface area contributed by atoms with Crippen LogP contribution in [0.4, 0.5) is 0 Å². The van der Waals surface area contributed by atoms with Gasteiger partial charge >= 0.3 is 0 Å². The Hall–Kier alpha value is -0.280. The first-order valence-electron chi connectivity index (χ1n) is 4.29. The molecule has 0 spiro atoms. The highest BCUT2D eigenvalue weighted by Gasteiger charge is 2.08. The third-order valence-electron chi connectivity index (χ3n) is 1.86. The molecule has 0 saturated carbocycles. The van der Waals surface area contributed by atoms with Crippen LogP contribution in [-0.4, -0.2) is 15.2 Å². The second-order valence-electron chi connectivity index (χ2n) is 2.93. The molecule has 13 heavy (non-hydrogen) atoms. The smallest absolute Gasteiger partial charge is 0.136 e. The van der Waals surface area contributed by atoms with Crippen LogP contribution in [0.5, 0.6) is 0 Å². The highest BCUT2D eigenvalue weighted by molar-refractivity contribution is 7.99. The van der Waals surface area contributed by atoms with E-state index in [0.717, 1.165) is 17.0 Å². The van der Waals surface area contributed by atoms with Crippen molar-refractivity contribution in [1.82, 2.24) is 9.97 Å². The van der Waals surface area contributed by atoms with Crippen molar-refractivity contribution in [3.8, 4) is 0 Å². The first-order chi connectivity index (χ1) is 6.15. The molecule has 0 aliphatic carbocycles. The van der Waals surface area contributed by atoms with Gasteiger partial charge in [-0.15, -0.1) is 11.8 Å². The van der Waals surface area contributed by atoms with Gasteiger partial charge in [-0.2, -0.15) is 0 Å². The predicted octanol–water partition coefficient (Wildman–Crippen LogP) is 3.33. The lowest BCUT2D eigenvalue weighted by Gasteiger charge is -2.09. The molecule has 0 aliphatic rings. The molecule has 1 atom stereocenters. The Kier molecular flexibility index (Phi) is 4.00. The maximum atomic E-state index is 5.88. The SMILES string of the molecule is CCC(C)Sc1ncnc(Cl)c1C. The molecule has 1 aromatic rings. The van der Waals surface area contributed by atoms with E-state index in [2.05, 4.69) is 23.8 Å². The van der Waals surface area contributed by atoms with E-state index in [1.54, 1.807) is 11.8 Å². The molecule has 1 unspecified atom stereocenters. The summed E-state index contributed by atoms with van der Waals surface area (Å²) in [5.74, 6) is 0. The normalized spacial score (nSPS) is 12.9. The minimum atomic E-state index is 0.556. The molecule has 0 aromatic carbocycles. The van der Waals surface area contributed by atoms with E-state index in [1.165, 1.54) is 6.33 Å². The van der Waals surface area contributed by atoms with E-state index in [0.29, 0.717) is 10.4 Å². The molecule has 1 heterocycles. The van der Waals surface area contributed by atoms with Gasteiger partial charge in [0.2, 0.25) is 0 Å². The molecule has 2 nitrogen and oxygen atoms in total. The molecule has 4 heteroatoms. The van der Waals surface area contributed by atoms with Gasteiger partial charge in [-0.05, 0) is 13.3 Å². The van der Waals surface area contributed by atoms with Gasteiger partial charge < -0.3 is 0 Å². The van der Waals surface area contributed by atoms with Crippen LogP contribution in [0, 0.1) is 6.92 Å². The second kappa shape index (κ2) is 4.82. The highest BCUT2D eigenvalue weighted by Crippen LogP contribution is 2.28. The molecule has 0 amide bonds. The summed E-state index contributed by atoms with van der Waals surface area (Å²) in [7, 11) is 0. The lowest BCUT2D eigenvalue weighted by atomic mass is 10.4. The van der Waals surface area contributed by atoms with Crippen LogP contribution >= 0.6 is 23.4 Å². The largest absolute Gasteiger partial charge is 0.230 e. The molecule has 0 saturated heterocycles. The topological polar surface area (TPSA) is 25.8 Å². The first-order valence-corrected chi connectivity index (χ1v) is 5.54. The summed E-state index contributed by atoms with van der Waals surface area (Å²) >= 11 is 7.62. The van der Waals surface area contributed by atoms with Crippen LogP contribution in [0.3, 0.4) is 0 Å². The quantitative estimate of drug-likeness (QED) is 0.573. The fourth-order valence-corrected chi connectivity index (χ4v) is 1.93. The predicted molar refractivity (Wildman–Crippen MR) is 57.4 cm³/mol. The van der Waals surface area contributed by atoms with Crippen molar-refractivity contribution in [2.75, 3.05) is 0 Å². The Balaban J connectivity index is 2.83.